The minimum absolute atomic E-state index is 0.397. The third kappa shape index (κ3) is 5.36. The van der Waals surface area contributed by atoms with Gasteiger partial charge in [-0.2, -0.15) is 0 Å². The van der Waals surface area contributed by atoms with Crippen molar-refractivity contribution in [3.8, 4) is 11.5 Å². The normalized spacial score (nSPS) is 10.6. The van der Waals surface area contributed by atoms with Gasteiger partial charge >= 0.3 is 5.97 Å². The first kappa shape index (κ1) is 18.5. The summed E-state index contributed by atoms with van der Waals surface area (Å²) in [6.07, 6.45) is 3.91. The van der Waals surface area contributed by atoms with Crippen molar-refractivity contribution < 1.29 is 19.4 Å². The number of carboxylic acid groups (broad SMARTS) is 1. The molecule has 0 aliphatic rings. The quantitative estimate of drug-likeness (QED) is 0.564. The van der Waals surface area contributed by atoms with Crippen molar-refractivity contribution in [1.82, 2.24) is 0 Å². The lowest BCUT2D eigenvalue weighted by atomic mass is 10.1. The number of halogens is 1. The SMILES string of the molecule is C=CCc1cc(C=Nc2ccc(Cl)cc2)cc(OC)c1OCC(=O)O. The van der Waals surface area contributed by atoms with E-state index in [0.717, 1.165) is 16.8 Å². The molecule has 0 bridgehead atoms. The molecule has 0 heterocycles. The second-order valence-electron chi connectivity index (χ2n) is 5.12. The van der Waals surface area contributed by atoms with E-state index in [4.69, 9.17) is 26.2 Å². The van der Waals surface area contributed by atoms with Crippen LogP contribution in [0.5, 0.6) is 11.5 Å². The average Bonchev–Trinajstić information content (AvgIpc) is 2.60. The highest BCUT2D eigenvalue weighted by molar-refractivity contribution is 6.30. The number of carbonyl (C=O) groups is 1. The summed E-state index contributed by atoms with van der Waals surface area (Å²) in [6, 6.07) is 10.8. The van der Waals surface area contributed by atoms with Gasteiger partial charge in [0, 0.05) is 16.8 Å². The number of nitrogens with zero attached hydrogens (tertiary/aromatic N) is 1. The maximum absolute atomic E-state index is 10.8. The number of rotatable bonds is 8. The van der Waals surface area contributed by atoms with Gasteiger partial charge in [-0.05, 0) is 48.4 Å². The van der Waals surface area contributed by atoms with E-state index in [9.17, 15) is 4.79 Å². The largest absolute Gasteiger partial charge is 0.493 e. The Hall–Kier alpha value is -2.79. The first-order valence-corrected chi connectivity index (χ1v) is 7.87. The van der Waals surface area contributed by atoms with E-state index in [1.807, 2.05) is 18.2 Å². The number of aliphatic imine (C=N–C) groups is 1. The van der Waals surface area contributed by atoms with Gasteiger partial charge in [0.2, 0.25) is 0 Å². The van der Waals surface area contributed by atoms with Crippen molar-refractivity contribution in [3.63, 3.8) is 0 Å². The molecule has 0 aliphatic carbocycles. The summed E-state index contributed by atoms with van der Waals surface area (Å²) in [6.45, 7) is 3.27. The van der Waals surface area contributed by atoms with Gasteiger partial charge in [-0.1, -0.05) is 17.7 Å². The molecular formula is C19H18ClNO4. The van der Waals surface area contributed by atoms with Crippen molar-refractivity contribution in [2.24, 2.45) is 4.99 Å². The summed E-state index contributed by atoms with van der Waals surface area (Å²) in [4.78, 5) is 15.2. The van der Waals surface area contributed by atoms with E-state index >= 15 is 0 Å². The number of ether oxygens (including phenoxy) is 2. The Labute approximate surface area is 151 Å². The van der Waals surface area contributed by atoms with Crippen molar-refractivity contribution in [2.45, 2.75) is 6.42 Å². The fourth-order valence-corrected chi connectivity index (χ4v) is 2.32. The van der Waals surface area contributed by atoms with Crippen LogP contribution >= 0.6 is 11.6 Å². The van der Waals surface area contributed by atoms with E-state index in [-0.39, 0.29) is 0 Å². The summed E-state index contributed by atoms with van der Waals surface area (Å²) >= 11 is 5.86. The molecule has 0 fully saturated rings. The number of carboxylic acids is 1. The third-order valence-corrected chi connectivity index (χ3v) is 3.52. The van der Waals surface area contributed by atoms with Crippen LogP contribution in [0.1, 0.15) is 11.1 Å². The molecule has 0 spiro atoms. The molecule has 0 aromatic heterocycles. The second-order valence-corrected chi connectivity index (χ2v) is 5.56. The van der Waals surface area contributed by atoms with Crippen molar-refractivity contribution >= 4 is 29.5 Å². The Morgan fingerprint density at radius 2 is 2.04 bits per heavy atom. The van der Waals surface area contributed by atoms with Crippen LogP contribution in [-0.4, -0.2) is 31.0 Å². The lowest BCUT2D eigenvalue weighted by molar-refractivity contribution is -0.139. The highest BCUT2D eigenvalue weighted by atomic mass is 35.5. The monoisotopic (exact) mass is 359 g/mol. The first-order chi connectivity index (χ1) is 12.0. The number of benzene rings is 2. The summed E-state index contributed by atoms with van der Waals surface area (Å²) < 4.78 is 10.7. The zero-order chi connectivity index (χ0) is 18.2. The third-order valence-electron chi connectivity index (χ3n) is 3.27. The number of allylic oxidation sites excluding steroid dienone is 1. The molecule has 0 atom stereocenters. The molecular weight excluding hydrogens is 342 g/mol. The Kier molecular flexibility index (Phi) is 6.60. The maximum Gasteiger partial charge on any atom is 0.341 e. The van der Waals surface area contributed by atoms with Gasteiger partial charge in [-0.15, -0.1) is 6.58 Å². The van der Waals surface area contributed by atoms with Crippen LogP contribution in [0.15, 0.2) is 54.0 Å². The summed E-state index contributed by atoms with van der Waals surface area (Å²) in [5.41, 5.74) is 2.33. The molecule has 0 saturated heterocycles. The van der Waals surface area contributed by atoms with Crippen molar-refractivity contribution in [3.05, 3.63) is 65.2 Å². The van der Waals surface area contributed by atoms with Crippen LogP contribution in [0.2, 0.25) is 5.02 Å². The van der Waals surface area contributed by atoms with Gasteiger partial charge in [0.25, 0.3) is 0 Å². The molecule has 1 N–H and O–H groups in total. The molecule has 2 aromatic carbocycles. The average molecular weight is 360 g/mol. The maximum atomic E-state index is 10.8. The summed E-state index contributed by atoms with van der Waals surface area (Å²) in [5.74, 6) is -0.216. The van der Waals surface area contributed by atoms with Gasteiger partial charge in [0.05, 0.1) is 12.8 Å². The van der Waals surface area contributed by atoms with Gasteiger partial charge < -0.3 is 14.6 Å². The zero-order valence-electron chi connectivity index (χ0n) is 13.7. The van der Waals surface area contributed by atoms with Gasteiger partial charge in [-0.25, -0.2) is 4.79 Å². The van der Waals surface area contributed by atoms with Crippen molar-refractivity contribution in [2.75, 3.05) is 13.7 Å². The molecule has 130 valence electrons. The van der Waals surface area contributed by atoms with E-state index in [0.29, 0.717) is 22.9 Å². The molecule has 2 rings (SSSR count). The van der Waals surface area contributed by atoms with Crippen LogP contribution in [0.25, 0.3) is 0 Å². The highest BCUT2D eigenvalue weighted by Gasteiger charge is 2.13. The van der Waals surface area contributed by atoms with E-state index in [1.165, 1.54) is 7.11 Å². The number of aliphatic carboxylic acids is 1. The fourth-order valence-electron chi connectivity index (χ4n) is 2.19. The summed E-state index contributed by atoms with van der Waals surface area (Å²) in [5, 5.41) is 9.47. The predicted octanol–water partition coefficient (Wildman–Crippen LogP) is 4.29. The highest BCUT2D eigenvalue weighted by Crippen LogP contribution is 2.33. The molecule has 0 saturated carbocycles. The first-order valence-electron chi connectivity index (χ1n) is 7.49. The molecule has 2 aromatic rings. The Morgan fingerprint density at radius 1 is 1.32 bits per heavy atom. The lowest BCUT2D eigenvalue weighted by Gasteiger charge is -2.14. The van der Waals surface area contributed by atoms with Crippen LogP contribution in [0.3, 0.4) is 0 Å². The number of methoxy groups -OCH3 is 1. The smallest absolute Gasteiger partial charge is 0.341 e. The van der Waals surface area contributed by atoms with Crippen LogP contribution in [-0.2, 0) is 11.2 Å². The fraction of sp³-hybridized carbons (Fsp3) is 0.158. The Balaban J connectivity index is 2.35. The number of hydrogen-bond donors (Lipinski definition) is 1. The van der Waals surface area contributed by atoms with Gasteiger partial charge in [0.15, 0.2) is 18.1 Å². The predicted molar refractivity (Wildman–Crippen MR) is 98.7 cm³/mol. The van der Waals surface area contributed by atoms with Gasteiger partial charge in [-0.3, -0.25) is 4.99 Å². The zero-order valence-corrected chi connectivity index (χ0v) is 14.5. The van der Waals surface area contributed by atoms with Crippen LogP contribution in [0, 0.1) is 0 Å². The number of hydrogen-bond acceptors (Lipinski definition) is 4. The Bertz CT molecular complexity index is 785. The van der Waals surface area contributed by atoms with E-state index in [2.05, 4.69) is 11.6 Å². The summed E-state index contributed by atoms with van der Waals surface area (Å²) in [7, 11) is 1.50. The van der Waals surface area contributed by atoms with Crippen LogP contribution in [0.4, 0.5) is 5.69 Å². The van der Waals surface area contributed by atoms with E-state index in [1.54, 1.807) is 30.5 Å². The van der Waals surface area contributed by atoms with Gasteiger partial charge in [0.1, 0.15) is 0 Å². The standard InChI is InChI=1S/C19H18ClNO4/c1-3-4-14-9-13(11-21-16-7-5-15(20)6-8-16)10-17(24-2)19(14)25-12-18(22)23/h3,5-11H,1,4,12H2,2H3,(H,22,23). The Morgan fingerprint density at radius 3 is 2.64 bits per heavy atom. The molecule has 0 aliphatic heterocycles. The molecule has 25 heavy (non-hydrogen) atoms. The molecule has 0 radical (unpaired) electrons. The van der Waals surface area contributed by atoms with E-state index < -0.39 is 12.6 Å². The molecule has 5 nitrogen and oxygen atoms in total. The molecule has 6 heteroatoms. The minimum atomic E-state index is -1.06. The van der Waals surface area contributed by atoms with Crippen molar-refractivity contribution in [1.29, 1.82) is 0 Å². The second kappa shape index (κ2) is 8.89. The topological polar surface area (TPSA) is 68.1 Å². The molecule has 0 amide bonds. The van der Waals surface area contributed by atoms with Crippen LogP contribution < -0.4 is 9.47 Å². The lowest BCUT2D eigenvalue weighted by Crippen LogP contribution is -2.11. The minimum Gasteiger partial charge on any atom is -0.493 e. The molecule has 0 unspecified atom stereocenters.